The minimum absolute atomic E-state index is 0.593. The van der Waals surface area contributed by atoms with Crippen molar-refractivity contribution in [3.63, 3.8) is 0 Å². The van der Waals surface area contributed by atoms with Crippen LogP contribution in [0.4, 0.5) is 10.9 Å². The molecule has 5 nitrogen and oxygen atoms in total. The van der Waals surface area contributed by atoms with Crippen LogP contribution in [0.3, 0.4) is 0 Å². The largest absolute Gasteiger partial charge is 0.370 e. The number of halogens is 1. The summed E-state index contributed by atoms with van der Waals surface area (Å²) in [6.07, 6.45) is 1.96. The third-order valence-electron chi connectivity index (χ3n) is 4.74. The number of nitrogens with one attached hydrogen (secondary N) is 1. The summed E-state index contributed by atoms with van der Waals surface area (Å²) in [5.74, 6) is 1.55. The van der Waals surface area contributed by atoms with Crippen LogP contribution in [0, 0.1) is 12.8 Å². The van der Waals surface area contributed by atoms with E-state index in [0.717, 1.165) is 59.1 Å². The van der Waals surface area contributed by atoms with E-state index in [2.05, 4.69) is 25.4 Å². The van der Waals surface area contributed by atoms with Crippen molar-refractivity contribution in [1.29, 1.82) is 0 Å². The van der Waals surface area contributed by atoms with E-state index in [1.807, 2.05) is 49.4 Å². The van der Waals surface area contributed by atoms with Crippen molar-refractivity contribution in [2.24, 2.45) is 5.92 Å². The van der Waals surface area contributed by atoms with Gasteiger partial charge in [-0.15, -0.1) is 10.2 Å². The van der Waals surface area contributed by atoms with Gasteiger partial charge < -0.3 is 10.2 Å². The maximum atomic E-state index is 5.95. The summed E-state index contributed by atoms with van der Waals surface area (Å²) >= 11 is 7.64. The fraction of sp³-hybridized carbons (Fsp3) is 0.350. The quantitative estimate of drug-likeness (QED) is 0.664. The molecule has 0 bridgehead atoms. The highest BCUT2D eigenvalue weighted by molar-refractivity contribution is 7.15. The van der Waals surface area contributed by atoms with Gasteiger partial charge in [-0.3, -0.25) is 0 Å². The third-order valence-corrected chi connectivity index (χ3v) is 5.98. The molecule has 1 aliphatic heterocycles. The minimum atomic E-state index is 0.593. The molecule has 3 aromatic rings. The molecule has 0 amide bonds. The summed E-state index contributed by atoms with van der Waals surface area (Å²) in [5, 5.41) is 15.1. The second kappa shape index (κ2) is 8.23. The van der Waals surface area contributed by atoms with E-state index in [0.29, 0.717) is 5.92 Å². The summed E-state index contributed by atoms with van der Waals surface area (Å²) in [7, 11) is 0. The summed E-state index contributed by atoms with van der Waals surface area (Å²) < 4.78 is 0. The predicted octanol–water partition coefficient (Wildman–Crippen LogP) is 4.42. The third kappa shape index (κ3) is 4.76. The van der Waals surface area contributed by atoms with Crippen molar-refractivity contribution in [1.82, 2.24) is 15.2 Å². The normalized spacial score (nSPS) is 16.7. The Kier molecular flexibility index (Phi) is 5.55. The minimum Gasteiger partial charge on any atom is -0.370 e. The van der Waals surface area contributed by atoms with Gasteiger partial charge in [0, 0.05) is 36.8 Å². The number of pyridine rings is 1. The Balaban J connectivity index is 1.31. The smallest absolute Gasteiger partial charge is 0.208 e. The van der Waals surface area contributed by atoms with Gasteiger partial charge in [0.05, 0.1) is 0 Å². The fourth-order valence-electron chi connectivity index (χ4n) is 3.28. The van der Waals surface area contributed by atoms with Gasteiger partial charge in [0.25, 0.3) is 0 Å². The van der Waals surface area contributed by atoms with Crippen LogP contribution in [0.5, 0.6) is 0 Å². The molecule has 1 fully saturated rings. The Morgan fingerprint density at radius 1 is 1.19 bits per heavy atom. The Morgan fingerprint density at radius 2 is 2.04 bits per heavy atom. The number of hydrogen-bond donors (Lipinski definition) is 1. The van der Waals surface area contributed by atoms with Crippen molar-refractivity contribution in [3.8, 4) is 0 Å². The lowest BCUT2D eigenvalue weighted by Crippen LogP contribution is -2.22. The van der Waals surface area contributed by atoms with Crippen molar-refractivity contribution in [2.45, 2.75) is 19.8 Å². The van der Waals surface area contributed by atoms with Gasteiger partial charge in [0.15, 0.2) is 0 Å². The standard InChI is InChI=1S/C20H22ClN5S/c1-14-3-2-4-18(23-14)22-12-16-9-10-26(13-16)20-25-24-19(27-20)11-15-5-7-17(21)8-6-15/h2-8,16H,9-13H2,1H3,(H,22,23). The first-order valence-electron chi connectivity index (χ1n) is 9.15. The molecular formula is C20H22ClN5S. The number of rotatable bonds is 6. The molecule has 1 N–H and O–H groups in total. The highest BCUT2D eigenvalue weighted by Gasteiger charge is 2.25. The average Bonchev–Trinajstić information content (AvgIpc) is 3.31. The lowest BCUT2D eigenvalue weighted by atomic mass is 10.1. The molecule has 27 heavy (non-hydrogen) atoms. The molecule has 2 aromatic heterocycles. The molecule has 0 aliphatic carbocycles. The van der Waals surface area contributed by atoms with Crippen molar-refractivity contribution >= 4 is 33.9 Å². The van der Waals surface area contributed by atoms with E-state index in [9.17, 15) is 0 Å². The lowest BCUT2D eigenvalue weighted by Gasteiger charge is -2.15. The van der Waals surface area contributed by atoms with Crippen LogP contribution in [0.25, 0.3) is 0 Å². The molecule has 0 spiro atoms. The maximum Gasteiger partial charge on any atom is 0.208 e. The van der Waals surface area contributed by atoms with E-state index in [-0.39, 0.29) is 0 Å². The van der Waals surface area contributed by atoms with Crippen LogP contribution in [0.15, 0.2) is 42.5 Å². The molecular weight excluding hydrogens is 378 g/mol. The first kappa shape index (κ1) is 18.2. The number of benzene rings is 1. The molecule has 3 heterocycles. The van der Waals surface area contributed by atoms with E-state index in [4.69, 9.17) is 11.6 Å². The summed E-state index contributed by atoms with van der Waals surface area (Å²) in [6, 6.07) is 14.0. The highest BCUT2D eigenvalue weighted by atomic mass is 35.5. The van der Waals surface area contributed by atoms with E-state index in [1.165, 1.54) is 5.56 Å². The van der Waals surface area contributed by atoms with Crippen LogP contribution in [-0.4, -0.2) is 34.8 Å². The van der Waals surface area contributed by atoms with Crippen LogP contribution in [-0.2, 0) is 6.42 Å². The van der Waals surface area contributed by atoms with E-state index < -0.39 is 0 Å². The highest BCUT2D eigenvalue weighted by Crippen LogP contribution is 2.28. The Morgan fingerprint density at radius 3 is 2.85 bits per heavy atom. The summed E-state index contributed by atoms with van der Waals surface area (Å²) in [5.41, 5.74) is 2.24. The monoisotopic (exact) mass is 399 g/mol. The topological polar surface area (TPSA) is 53.9 Å². The van der Waals surface area contributed by atoms with Gasteiger partial charge in [-0.2, -0.15) is 0 Å². The average molecular weight is 400 g/mol. The molecule has 1 aliphatic rings. The fourth-order valence-corrected chi connectivity index (χ4v) is 4.32. The maximum absolute atomic E-state index is 5.95. The molecule has 1 saturated heterocycles. The van der Waals surface area contributed by atoms with Crippen LogP contribution >= 0.6 is 22.9 Å². The molecule has 0 radical (unpaired) electrons. The van der Waals surface area contributed by atoms with Gasteiger partial charge in [0.2, 0.25) is 5.13 Å². The van der Waals surface area contributed by atoms with Crippen molar-refractivity contribution in [2.75, 3.05) is 29.9 Å². The second-order valence-corrected chi connectivity index (χ2v) is 8.40. The molecule has 140 valence electrons. The number of aromatic nitrogens is 3. The van der Waals surface area contributed by atoms with Crippen molar-refractivity contribution in [3.05, 3.63) is 63.8 Å². The molecule has 1 aromatic carbocycles. The number of anilines is 2. The Bertz CT molecular complexity index is 895. The van der Waals surface area contributed by atoms with Gasteiger partial charge in [0.1, 0.15) is 10.8 Å². The van der Waals surface area contributed by atoms with Crippen LogP contribution in [0.1, 0.15) is 22.7 Å². The number of hydrogen-bond acceptors (Lipinski definition) is 6. The number of nitrogens with zero attached hydrogens (tertiary/aromatic N) is 4. The Hall–Kier alpha value is -2.18. The van der Waals surface area contributed by atoms with Crippen molar-refractivity contribution < 1.29 is 0 Å². The Labute approximate surface area is 168 Å². The number of aryl methyl sites for hydroxylation is 1. The zero-order valence-electron chi connectivity index (χ0n) is 15.2. The molecule has 1 atom stereocenters. The molecule has 1 unspecified atom stereocenters. The van der Waals surface area contributed by atoms with Gasteiger partial charge in [-0.1, -0.05) is 41.1 Å². The van der Waals surface area contributed by atoms with Crippen LogP contribution < -0.4 is 10.2 Å². The molecule has 7 heteroatoms. The molecule has 4 rings (SSSR count). The zero-order valence-corrected chi connectivity index (χ0v) is 16.8. The van der Waals surface area contributed by atoms with Gasteiger partial charge >= 0.3 is 0 Å². The van der Waals surface area contributed by atoms with E-state index >= 15 is 0 Å². The van der Waals surface area contributed by atoms with E-state index in [1.54, 1.807) is 11.3 Å². The van der Waals surface area contributed by atoms with Gasteiger partial charge in [-0.05, 0) is 49.1 Å². The van der Waals surface area contributed by atoms with Crippen LogP contribution in [0.2, 0.25) is 5.02 Å². The lowest BCUT2D eigenvalue weighted by molar-refractivity contribution is 0.621. The second-order valence-electron chi connectivity index (χ2n) is 6.93. The SMILES string of the molecule is Cc1cccc(NCC2CCN(c3nnc(Cc4ccc(Cl)cc4)s3)C2)n1. The first-order valence-corrected chi connectivity index (χ1v) is 10.3. The van der Waals surface area contributed by atoms with Gasteiger partial charge in [-0.25, -0.2) is 4.98 Å². The first-order chi connectivity index (χ1) is 13.2. The summed E-state index contributed by atoms with van der Waals surface area (Å²) in [6.45, 7) is 4.99. The molecule has 0 saturated carbocycles. The summed E-state index contributed by atoms with van der Waals surface area (Å²) in [4.78, 5) is 6.85. The predicted molar refractivity (Wildman–Crippen MR) is 112 cm³/mol. The zero-order chi connectivity index (χ0) is 18.6.